The van der Waals surface area contributed by atoms with Gasteiger partial charge in [0.2, 0.25) is 0 Å². The number of likely N-dealkylation sites (N-methyl/N-ethyl adjacent to an activating group) is 1. The maximum Gasteiger partial charge on any atom is 0.306 e. The van der Waals surface area contributed by atoms with E-state index < -0.39 is 18.1 Å². The molecule has 0 spiro atoms. The Bertz CT molecular complexity index is 1220. The first kappa shape index (κ1) is 54.5. The molecule has 0 aliphatic carbocycles. The molecule has 2 unspecified atom stereocenters. The molecular weight excluding hydrogens is 727 g/mol. The average molecular weight is 810 g/mol. The van der Waals surface area contributed by atoms with Crippen LogP contribution in [-0.4, -0.2) is 75.5 Å². The third-order valence-corrected chi connectivity index (χ3v) is 9.53. The van der Waals surface area contributed by atoms with Gasteiger partial charge >= 0.3 is 11.9 Å². The van der Waals surface area contributed by atoms with E-state index in [4.69, 9.17) is 14.2 Å². The molecule has 0 N–H and O–H groups in total. The van der Waals surface area contributed by atoms with Crippen molar-refractivity contribution in [2.24, 2.45) is 0 Å². The van der Waals surface area contributed by atoms with Gasteiger partial charge in [-0.3, -0.25) is 9.59 Å². The van der Waals surface area contributed by atoms with E-state index in [1.54, 1.807) is 21.1 Å². The molecule has 58 heavy (non-hydrogen) atoms. The van der Waals surface area contributed by atoms with Gasteiger partial charge in [0.25, 0.3) is 0 Å². The van der Waals surface area contributed by atoms with Gasteiger partial charge in [0.1, 0.15) is 12.6 Å². The molecule has 330 valence electrons. The maximum atomic E-state index is 12.7. The smallest absolute Gasteiger partial charge is 0.306 e. The number of esters is 2. The Labute approximate surface area is 354 Å². The lowest BCUT2D eigenvalue weighted by atomic mass is 10.1. The van der Waals surface area contributed by atoms with Crippen LogP contribution in [0.3, 0.4) is 0 Å². The van der Waals surface area contributed by atoms with Gasteiger partial charge in [0.15, 0.2) is 6.10 Å². The zero-order valence-electron chi connectivity index (χ0n) is 37.4. The van der Waals surface area contributed by atoms with Gasteiger partial charge in [-0.25, -0.2) is 0 Å². The molecule has 0 aromatic carbocycles. The van der Waals surface area contributed by atoms with Gasteiger partial charge in [0.05, 0.1) is 40.3 Å². The minimum Gasteiger partial charge on any atom is -0.544 e. The Kier molecular flexibility index (Phi) is 37.9. The zero-order chi connectivity index (χ0) is 42.8. The zero-order valence-corrected chi connectivity index (χ0v) is 37.4. The molecule has 0 saturated heterocycles. The number of carbonyl (C=O) groups is 3. The Morgan fingerprint density at radius 3 is 1.34 bits per heavy atom. The summed E-state index contributed by atoms with van der Waals surface area (Å²) in [6.07, 6.45) is 51.7. The van der Waals surface area contributed by atoms with Crippen LogP contribution in [0.5, 0.6) is 0 Å². The fraction of sp³-hybridized carbons (Fsp3) is 0.660. The Hall–Kier alpha value is -3.49. The predicted octanol–water partition coefficient (Wildman–Crippen LogP) is 11.2. The highest BCUT2D eigenvalue weighted by Gasteiger charge is 2.25. The maximum absolute atomic E-state index is 12.7. The fourth-order valence-electron chi connectivity index (χ4n) is 6.07. The first-order chi connectivity index (χ1) is 28.1. The van der Waals surface area contributed by atoms with Crippen molar-refractivity contribution in [3.63, 3.8) is 0 Å². The quantitative estimate of drug-likeness (QED) is 0.0264. The summed E-state index contributed by atoms with van der Waals surface area (Å²) in [5.74, 6) is -1.79. The van der Waals surface area contributed by atoms with Gasteiger partial charge < -0.3 is 28.6 Å². The molecule has 8 nitrogen and oxygen atoms in total. The summed E-state index contributed by atoms with van der Waals surface area (Å²) in [7, 11) is 5.39. The molecule has 0 aromatic rings. The van der Waals surface area contributed by atoms with E-state index in [1.807, 2.05) is 0 Å². The normalized spacial score (nSPS) is 13.7. The third kappa shape index (κ3) is 38.1. The molecule has 0 saturated carbocycles. The van der Waals surface area contributed by atoms with Crippen LogP contribution in [0.15, 0.2) is 85.1 Å². The summed E-state index contributed by atoms with van der Waals surface area (Å²) in [5, 5.41) is 11.6. The second-order valence-electron chi connectivity index (χ2n) is 15.9. The number of carbonyl (C=O) groups excluding carboxylic acids is 3. The molecule has 8 heteroatoms. The second-order valence-corrected chi connectivity index (χ2v) is 15.9. The molecule has 0 amide bonds. The number of aliphatic carboxylic acids is 1. The van der Waals surface area contributed by atoms with Crippen molar-refractivity contribution in [1.82, 2.24) is 0 Å². The fourth-order valence-corrected chi connectivity index (χ4v) is 6.07. The van der Waals surface area contributed by atoms with E-state index in [0.29, 0.717) is 6.42 Å². The minimum absolute atomic E-state index is 0.0224. The number of hydrogen-bond acceptors (Lipinski definition) is 7. The van der Waals surface area contributed by atoms with Crippen LogP contribution in [-0.2, 0) is 28.6 Å². The van der Waals surface area contributed by atoms with E-state index in [-0.39, 0.29) is 49.1 Å². The first-order valence-corrected chi connectivity index (χ1v) is 22.6. The van der Waals surface area contributed by atoms with E-state index in [2.05, 4.69) is 98.9 Å². The van der Waals surface area contributed by atoms with E-state index >= 15 is 0 Å². The van der Waals surface area contributed by atoms with Crippen molar-refractivity contribution in [2.45, 2.75) is 174 Å². The van der Waals surface area contributed by atoms with Gasteiger partial charge in [-0.15, -0.1) is 0 Å². The summed E-state index contributed by atoms with van der Waals surface area (Å²) in [4.78, 5) is 36.9. The first-order valence-electron chi connectivity index (χ1n) is 22.6. The van der Waals surface area contributed by atoms with Crippen LogP contribution in [0, 0.1) is 0 Å². The number of carboxylic acids is 1. The number of nitrogens with zero attached hydrogens (tertiary/aromatic N) is 1. The van der Waals surface area contributed by atoms with E-state index in [0.717, 1.165) is 103 Å². The number of hydrogen-bond donors (Lipinski definition) is 0. The summed E-state index contributed by atoms with van der Waals surface area (Å²) < 4.78 is 17.1. The van der Waals surface area contributed by atoms with E-state index in [1.165, 1.54) is 25.7 Å². The molecule has 0 aromatic heterocycles. The van der Waals surface area contributed by atoms with Gasteiger partial charge in [-0.2, -0.15) is 0 Å². The van der Waals surface area contributed by atoms with Crippen molar-refractivity contribution >= 4 is 17.9 Å². The van der Waals surface area contributed by atoms with Gasteiger partial charge in [-0.1, -0.05) is 144 Å². The molecule has 0 aliphatic heterocycles. The predicted molar refractivity (Wildman–Crippen MR) is 240 cm³/mol. The average Bonchev–Trinajstić information content (AvgIpc) is 3.18. The highest BCUT2D eigenvalue weighted by molar-refractivity contribution is 5.70. The molecule has 0 heterocycles. The largest absolute Gasteiger partial charge is 0.544 e. The number of rotatable bonds is 39. The number of allylic oxidation sites excluding steroid dienone is 14. The van der Waals surface area contributed by atoms with Gasteiger partial charge in [-0.05, 0) is 83.5 Å². The Morgan fingerprint density at radius 1 is 0.517 bits per heavy atom. The standard InChI is InChI=1S/C50H83NO7/c1-6-8-10-12-14-16-18-20-22-24-26-28-30-32-34-36-38-40-48(52)57-45-46(44-56-43-42-47(50(54)55)51(3,4)5)58-49(53)41-39-37-35-33-31-29-27-25-23-21-19-17-15-13-11-9-7-2/h8-11,14-17,20-23,27,29,46-47H,6-7,12-13,18-19,24-26,28,30-45H2,1-5H3/b10-8-,11-9-,16-14-,17-15-,22-20-,23-21-,29-27-. The Balaban J connectivity index is 4.40. The molecule has 2 atom stereocenters. The Morgan fingerprint density at radius 2 is 0.914 bits per heavy atom. The lowest BCUT2D eigenvalue weighted by Gasteiger charge is -2.34. The van der Waals surface area contributed by atoms with Gasteiger partial charge in [0, 0.05) is 19.3 Å². The third-order valence-electron chi connectivity index (χ3n) is 9.53. The number of quaternary nitrogens is 1. The highest BCUT2D eigenvalue weighted by atomic mass is 16.6. The van der Waals surface area contributed by atoms with Crippen LogP contribution in [0.1, 0.15) is 162 Å². The lowest BCUT2D eigenvalue weighted by Crippen LogP contribution is -2.55. The highest BCUT2D eigenvalue weighted by Crippen LogP contribution is 2.13. The van der Waals surface area contributed by atoms with Crippen LogP contribution in [0.4, 0.5) is 0 Å². The van der Waals surface area contributed by atoms with Crippen LogP contribution >= 0.6 is 0 Å². The van der Waals surface area contributed by atoms with Crippen molar-refractivity contribution in [2.75, 3.05) is 41.0 Å². The molecule has 0 bridgehead atoms. The molecule has 0 fully saturated rings. The SMILES string of the molecule is CC/C=C\C/C=C\C/C=C\C/C=C\CCCCCCC(=O)OC(COCCC(C(=O)[O-])[N+](C)(C)C)COC(=O)CCCCCCCCC/C=C\C/C=C\C/C=C\CC. The van der Waals surface area contributed by atoms with Crippen LogP contribution in [0.2, 0.25) is 0 Å². The summed E-state index contributed by atoms with van der Waals surface area (Å²) in [5.41, 5.74) is 0. The summed E-state index contributed by atoms with van der Waals surface area (Å²) >= 11 is 0. The van der Waals surface area contributed by atoms with Crippen molar-refractivity contribution in [3.8, 4) is 0 Å². The van der Waals surface area contributed by atoms with Crippen molar-refractivity contribution < 1.29 is 38.2 Å². The van der Waals surface area contributed by atoms with Crippen molar-refractivity contribution in [3.05, 3.63) is 85.1 Å². The minimum atomic E-state index is -1.13. The monoisotopic (exact) mass is 810 g/mol. The molecule has 0 aliphatic rings. The summed E-state index contributed by atoms with van der Waals surface area (Å²) in [6.45, 7) is 4.39. The number of ether oxygens (including phenoxy) is 3. The van der Waals surface area contributed by atoms with Crippen molar-refractivity contribution in [1.29, 1.82) is 0 Å². The van der Waals surface area contributed by atoms with E-state index in [9.17, 15) is 19.5 Å². The summed E-state index contributed by atoms with van der Waals surface area (Å²) in [6, 6.07) is -0.736. The number of carboxylic acid groups (broad SMARTS) is 1. The van der Waals surface area contributed by atoms with Crippen LogP contribution < -0.4 is 5.11 Å². The molecular formula is C50H83NO7. The molecule has 0 radical (unpaired) electrons. The van der Waals surface area contributed by atoms with Crippen LogP contribution in [0.25, 0.3) is 0 Å². The molecule has 0 rings (SSSR count). The number of unbranched alkanes of at least 4 members (excludes halogenated alkanes) is 11. The second kappa shape index (κ2) is 40.3. The lowest BCUT2D eigenvalue weighted by molar-refractivity contribution is -0.889. The topological polar surface area (TPSA) is 102 Å².